The number of anilines is 1. The molecule has 0 saturated heterocycles. The minimum absolute atomic E-state index is 0.447. The summed E-state index contributed by atoms with van der Waals surface area (Å²) >= 11 is 0. The highest BCUT2D eigenvalue weighted by atomic mass is 15.1. The van der Waals surface area contributed by atoms with Gasteiger partial charge in [0.15, 0.2) is 0 Å². The zero-order valence-corrected chi connectivity index (χ0v) is 10.6. The number of nitrogens with one attached hydrogen (secondary N) is 1. The van der Waals surface area contributed by atoms with Gasteiger partial charge in [-0.3, -0.25) is 0 Å². The van der Waals surface area contributed by atoms with Crippen molar-refractivity contribution in [1.82, 2.24) is 9.97 Å². The van der Waals surface area contributed by atoms with Gasteiger partial charge in [0.1, 0.15) is 0 Å². The van der Waals surface area contributed by atoms with Gasteiger partial charge in [0, 0.05) is 18.4 Å². The average molecular weight is 239 g/mol. The Hall–Kier alpha value is -1.90. The van der Waals surface area contributed by atoms with Crippen LogP contribution in [0.4, 0.5) is 5.95 Å². The molecule has 0 bridgehead atoms. The summed E-state index contributed by atoms with van der Waals surface area (Å²) in [5.41, 5.74) is 4.03. The Morgan fingerprint density at radius 1 is 1.11 bits per heavy atom. The van der Waals surface area contributed by atoms with Gasteiger partial charge in [-0.25, -0.2) is 9.97 Å². The quantitative estimate of drug-likeness (QED) is 0.875. The number of aromatic nitrogens is 2. The molecule has 0 spiro atoms. The van der Waals surface area contributed by atoms with Crippen LogP contribution in [-0.4, -0.2) is 16.0 Å². The molecule has 1 aromatic carbocycles. The van der Waals surface area contributed by atoms with Gasteiger partial charge in [0.05, 0.1) is 0 Å². The Balaban J connectivity index is 1.71. The van der Waals surface area contributed by atoms with E-state index >= 15 is 0 Å². The summed E-state index contributed by atoms with van der Waals surface area (Å²) in [7, 11) is 0. The Bertz CT molecular complexity index is 534. The van der Waals surface area contributed by atoms with Crippen LogP contribution in [-0.2, 0) is 12.8 Å². The molecule has 1 aliphatic rings. The van der Waals surface area contributed by atoms with Crippen LogP contribution >= 0.6 is 0 Å². The molecule has 2 aromatic rings. The van der Waals surface area contributed by atoms with Crippen molar-refractivity contribution < 1.29 is 0 Å². The second kappa shape index (κ2) is 4.77. The third kappa shape index (κ3) is 2.35. The molecule has 0 saturated carbocycles. The van der Waals surface area contributed by atoms with Gasteiger partial charge in [-0.05, 0) is 42.9 Å². The number of hydrogen-bond donors (Lipinski definition) is 1. The van der Waals surface area contributed by atoms with E-state index in [0.29, 0.717) is 6.04 Å². The van der Waals surface area contributed by atoms with Crippen LogP contribution in [0.2, 0.25) is 0 Å². The maximum absolute atomic E-state index is 4.31. The first-order valence-electron chi connectivity index (χ1n) is 6.43. The maximum atomic E-state index is 4.31. The van der Waals surface area contributed by atoms with Gasteiger partial charge in [0.2, 0.25) is 5.95 Å². The molecule has 3 heteroatoms. The maximum Gasteiger partial charge on any atom is 0.222 e. The second-order valence-electron chi connectivity index (χ2n) is 4.94. The molecule has 1 aliphatic carbocycles. The highest BCUT2D eigenvalue weighted by Crippen LogP contribution is 2.22. The van der Waals surface area contributed by atoms with Crippen molar-refractivity contribution in [2.24, 2.45) is 0 Å². The summed E-state index contributed by atoms with van der Waals surface area (Å²) in [5.74, 6) is 0.741. The molecule has 0 radical (unpaired) electrons. The molecule has 3 nitrogen and oxygen atoms in total. The monoisotopic (exact) mass is 239 g/mol. The van der Waals surface area contributed by atoms with E-state index in [9.17, 15) is 0 Å². The summed E-state index contributed by atoms with van der Waals surface area (Å²) in [4.78, 5) is 8.61. The van der Waals surface area contributed by atoms with Crippen molar-refractivity contribution in [2.75, 3.05) is 5.32 Å². The number of benzene rings is 1. The van der Waals surface area contributed by atoms with Crippen molar-refractivity contribution in [3.8, 4) is 0 Å². The lowest BCUT2D eigenvalue weighted by Crippen LogP contribution is -2.28. The van der Waals surface area contributed by atoms with E-state index in [1.165, 1.54) is 11.1 Å². The van der Waals surface area contributed by atoms with Crippen molar-refractivity contribution in [3.63, 3.8) is 0 Å². The van der Waals surface area contributed by atoms with Crippen LogP contribution in [0.25, 0.3) is 0 Å². The molecule has 1 N–H and O–H groups in total. The molecule has 0 amide bonds. The summed E-state index contributed by atoms with van der Waals surface area (Å²) in [5, 5.41) is 3.43. The Labute approximate surface area is 107 Å². The lowest BCUT2D eigenvalue weighted by molar-refractivity contribution is 0.606. The van der Waals surface area contributed by atoms with Crippen molar-refractivity contribution in [1.29, 1.82) is 0 Å². The van der Waals surface area contributed by atoms with E-state index < -0.39 is 0 Å². The van der Waals surface area contributed by atoms with Crippen LogP contribution in [0.15, 0.2) is 36.7 Å². The van der Waals surface area contributed by atoms with E-state index in [4.69, 9.17) is 0 Å². The zero-order valence-electron chi connectivity index (χ0n) is 10.6. The minimum Gasteiger partial charge on any atom is -0.351 e. The molecule has 18 heavy (non-hydrogen) atoms. The van der Waals surface area contributed by atoms with E-state index in [1.54, 1.807) is 0 Å². The number of fused-ring (bicyclic) bond motifs is 1. The number of hydrogen-bond acceptors (Lipinski definition) is 3. The highest BCUT2D eigenvalue weighted by molar-refractivity contribution is 5.34. The Morgan fingerprint density at radius 3 is 2.61 bits per heavy atom. The standard InChI is InChI=1S/C15H17N3/c1-11-9-16-15(17-10-11)18-14-7-6-12-4-2-3-5-13(12)8-14/h2-5,9-10,14H,6-8H2,1H3,(H,16,17,18). The molecule has 0 aliphatic heterocycles. The van der Waals surface area contributed by atoms with Crippen LogP contribution in [0, 0.1) is 6.92 Å². The molecule has 1 heterocycles. The van der Waals surface area contributed by atoms with E-state index in [1.807, 2.05) is 19.3 Å². The first kappa shape index (κ1) is 11.2. The highest BCUT2D eigenvalue weighted by Gasteiger charge is 2.18. The van der Waals surface area contributed by atoms with E-state index in [0.717, 1.165) is 30.8 Å². The number of rotatable bonds is 2. The Morgan fingerprint density at radius 2 is 1.83 bits per heavy atom. The smallest absolute Gasteiger partial charge is 0.222 e. The lowest BCUT2D eigenvalue weighted by atomic mass is 9.88. The van der Waals surface area contributed by atoms with Crippen LogP contribution < -0.4 is 5.32 Å². The van der Waals surface area contributed by atoms with Crippen molar-refractivity contribution in [3.05, 3.63) is 53.3 Å². The van der Waals surface area contributed by atoms with Gasteiger partial charge in [0.25, 0.3) is 0 Å². The summed E-state index contributed by atoms with van der Waals surface area (Å²) < 4.78 is 0. The average Bonchev–Trinajstić information content (AvgIpc) is 2.41. The minimum atomic E-state index is 0.447. The van der Waals surface area contributed by atoms with Gasteiger partial charge in [-0.2, -0.15) is 0 Å². The molecule has 3 rings (SSSR count). The molecule has 1 aromatic heterocycles. The van der Waals surface area contributed by atoms with Gasteiger partial charge < -0.3 is 5.32 Å². The molecule has 92 valence electrons. The predicted octanol–water partition coefficient (Wildman–Crippen LogP) is 2.75. The van der Waals surface area contributed by atoms with Crippen LogP contribution in [0.1, 0.15) is 23.1 Å². The van der Waals surface area contributed by atoms with Gasteiger partial charge in [-0.1, -0.05) is 24.3 Å². The third-order valence-corrected chi connectivity index (χ3v) is 3.46. The summed E-state index contributed by atoms with van der Waals surface area (Å²) in [6.45, 7) is 2.00. The number of nitrogens with zero attached hydrogens (tertiary/aromatic N) is 2. The molecule has 1 atom stereocenters. The fourth-order valence-electron chi connectivity index (χ4n) is 2.47. The van der Waals surface area contributed by atoms with E-state index in [2.05, 4.69) is 39.6 Å². The summed E-state index contributed by atoms with van der Waals surface area (Å²) in [6, 6.07) is 9.13. The van der Waals surface area contributed by atoms with Crippen LogP contribution in [0.3, 0.4) is 0 Å². The first-order chi connectivity index (χ1) is 8.81. The van der Waals surface area contributed by atoms with Crippen LogP contribution in [0.5, 0.6) is 0 Å². The normalized spacial score (nSPS) is 18.2. The third-order valence-electron chi connectivity index (χ3n) is 3.46. The number of aryl methyl sites for hydroxylation is 2. The predicted molar refractivity (Wildman–Crippen MR) is 72.6 cm³/mol. The summed E-state index contributed by atoms with van der Waals surface area (Å²) in [6.07, 6.45) is 7.06. The lowest BCUT2D eigenvalue weighted by Gasteiger charge is -2.25. The molecule has 0 fully saturated rings. The van der Waals surface area contributed by atoms with Crippen molar-refractivity contribution >= 4 is 5.95 Å². The second-order valence-corrected chi connectivity index (χ2v) is 4.94. The topological polar surface area (TPSA) is 37.8 Å². The van der Waals surface area contributed by atoms with E-state index in [-0.39, 0.29) is 0 Å². The van der Waals surface area contributed by atoms with Gasteiger partial charge in [-0.15, -0.1) is 0 Å². The Kier molecular flexibility index (Phi) is 2.97. The van der Waals surface area contributed by atoms with Gasteiger partial charge >= 0.3 is 0 Å². The fraction of sp³-hybridized carbons (Fsp3) is 0.333. The largest absolute Gasteiger partial charge is 0.351 e. The molecular weight excluding hydrogens is 222 g/mol. The molecular formula is C15H17N3. The SMILES string of the molecule is Cc1cnc(NC2CCc3ccccc3C2)nc1. The van der Waals surface area contributed by atoms with Crippen molar-refractivity contribution in [2.45, 2.75) is 32.2 Å². The molecule has 1 unspecified atom stereocenters. The fourth-order valence-corrected chi connectivity index (χ4v) is 2.47. The zero-order chi connectivity index (χ0) is 12.4. The first-order valence-corrected chi connectivity index (χ1v) is 6.43.